The second-order valence-electron chi connectivity index (χ2n) is 7.22. The van der Waals surface area contributed by atoms with Crippen LogP contribution < -0.4 is 5.32 Å². The average Bonchev–Trinajstić information content (AvgIpc) is 3.12. The van der Waals surface area contributed by atoms with Crippen LogP contribution in [0.5, 0.6) is 0 Å². The summed E-state index contributed by atoms with van der Waals surface area (Å²) in [6.45, 7) is 0.829. The number of hydrogen-bond acceptors (Lipinski definition) is 4. The molecule has 0 aromatic heterocycles. The number of benzene rings is 1. The first kappa shape index (κ1) is 15.9. The van der Waals surface area contributed by atoms with Crippen molar-refractivity contribution in [1.29, 1.82) is 0 Å². The molecular formula is C18H24N2O3S. The van der Waals surface area contributed by atoms with Crippen molar-refractivity contribution in [3.05, 3.63) is 24.3 Å². The molecule has 0 unspecified atom stereocenters. The van der Waals surface area contributed by atoms with Gasteiger partial charge in [0.2, 0.25) is 5.91 Å². The number of nitrogens with one attached hydrogen (secondary N) is 1. The van der Waals surface area contributed by atoms with Gasteiger partial charge >= 0.3 is 0 Å². The molecule has 1 atom stereocenters. The van der Waals surface area contributed by atoms with Crippen LogP contribution in [0.4, 0.5) is 5.69 Å². The van der Waals surface area contributed by atoms with Gasteiger partial charge in [0.25, 0.3) is 0 Å². The van der Waals surface area contributed by atoms with E-state index in [1.165, 1.54) is 0 Å². The van der Waals surface area contributed by atoms with E-state index in [1.807, 2.05) is 4.90 Å². The van der Waals surface area contributed by atoms with Crippen molar-refractivity contribution in [2.24, 2.45) is 0 Å². The summed E-state index contributed by atoms with van der Waals surface area (Å²) in [7, 11) is -3.21. The van der Waals surface area contributed by atoms with Crippen LogP contribution in [0.1, 0.15) is 44.9 Å². The number of anilines is 1. The number of nitrogens with zero attached hydrogens (tertiary/aromatic N) is 1. The first-order valence-corrected chi connectivity index (χ1v) is 10.5. The lowest BCUT2D eigenvalue weighted by atomic mass is 10.2. The molecule has 1 heterocycles. The van der Waals surface area contributed by atoms with Crippen molar-refractivity contribution in [3.63, 3.8) is 0 Å². The quantitative estimate of drug-likeness (QED) is 0.888. The smallest absolute Gasteiger partial charge is 0.245 e. The molecule has 3 fully saturated rings. The first-order chi connectivity index (χ1) is 11.6. The summed E-state index contributed by atoms with van der Waals surface area (Å²) in [6, 6.07) is 7.21. The predicted molar refractivity (Wildman–Crippen MR) is 92.6 cm³/mol. The zero-order valence-electron chi connectivity index (χ0n) is 13.8. The molecule has 1 aliphatic heterocycles. The summed E-state index contributed by atoms with van der Waals surface area (Å²) in [6.07, 6.45) is 6.64. The van der Waals surface area contributed by atoms with Gasteiger partial charge in [-0.25, -0.2) is 8.42 Å². The van der Waals surface area contributed by atoms with Gasteiger partial charge in [-0.15, -0.1) is 0 Å². The number of carbonyl (C=O) groups excluding carboxylic acids is 1. The van der Waals surface area contributed by atoms with Crippen molar-refractivity contribution in [1.82, 2.24) is 4.90 Å². The van der Waals surface area contributed by atoms with Crippen LogP contribution in [-0.2, 0) is 14.6 Å². The van der Waals surface area contributed by atoms with Crippen molar-refractivity contribution in [2.75, 3.05) is 11.9 Å². The Balaban J connectivity index is 1.43. The molecule has 3 aliphatic rings. The van der Waals surface area contributed by atoms with Crippen molar-refractivity contribution in [3.8, 4) is 0 Å². The van der Waals surface area contributed by atoms with Crippen LogP contribution in [0.25, 0.3) is 0 Å². The molecule has 5 nitrogen and oxygen atoms in total. The third kappa shape index (κ3) is 2.92. The Bertz CT molecular complexity index is 719. The zero-order chi connectivity index (χ0) is 16.7. The van der Waals surface area contributed by atoms with Crippen LogP contribution in [-0.4, -0.2) is 43.1 Å². The van der Waals surface area contributed by atoms with Gasteiger partial charge in [-0.1, -0.05) is 12.8 Å². The highest BCUT2D eigenvalue weighted by Gasteiger charge is 2.40. The first-order valence-electron chi connectivity index (χ1n) is 8.97. The molecule has 1 amide bonds. The third-order valence-corrected chi connectivity index (χ3v) is 7.77. The minimum absolute atomic E-state index is 0.178. The Kier molecular flexibility index (Phi) is 4.03. The van der Waals surface area contributed by atoms with Gasteiger partial charge in [-0.05, 0) is 56.4 Å². The highest BCUT2D eigenvalue weighted by atomic mass is 32.2. The minimum Gasteiger partial charge on any atom is -0.374 e. The summed E-state index contributed by atoms with van der Waals surface area (Å²) < 4.78 is 25.2. The molecule has 130 valence electrons. The zero-order valence-corrected chi connectivity index (χ0v) is 14.6. The van der Waals surface area contributed by atoms with E-state index in [-0.39, 0.29) is 17.2 Å². The third-order valence-electron chi connectivity index (χ3n) is 5.49. The fourth-order valence-electron chi connectivity index (χ4n) is 3.92. The van der Waals surface area contributed by atoms with Crippen molar-refractivity contribution < 1.29 is 13.2 Å². The van der Waals surface area contributed by atoms with Crippen molar-refractivity contribution >= 4 is 21.4 Å². The Morgan fingerprint density at radius 3 is 2.25 bits per heavy atom. The monoisotopic (exact) mass is 348 g/mol. The van der Waals surface area contributed by atoms with Gasteiger partial charge in [0.1, 0.15) is 6.04 Å². The fraction of sp³-hybridized carbons (Fsp3) is 0.611. The van der Waals surface area contributed by atoms with E-state index in [4.69, 9.17) is 0 Å². The maximum atomic E-state index is 12.6. The highest BCUT2D eigenvalue weighted by molar-refractivity contribution is 7.92. The number of hydrogen-bond donors (Lipinski definition) is 1. The lowest BCUT2D eigenvalue weighted by Crippen LogP contribution is -2.34. The summed E-state index contributed by atoms with van der Waals surface area (Å²) >= 11 is 0. The normalized spacial score (nSPS) is 25.4. The Hall–Kier alpha value is -1.56. The molecule has 2 aliphatic carbocycles. The van der Waals surface area contributed by atoms with E-state index in [9.17, 15) is 13.2 Å². The van der Waals surface area contributed by atoms with Gasteiger partial charge in [0.15, 0.2) is 9.84 Å². The number of carbonyl (C=O) groups is 1. The van der Waals surface area contributed by atoms with Crippen LogP contribution in [0.15, 0.2) is 29.2 Å². The molecule has 6 heteroatoms. The molecule has 24 heavy (non-hydrogen) atoms. The summed E-state index contributed by atoms with van der Waals surface area (Å²) in [4.78, 5) is 14.7. The van der Waals surface area contributed by atoms with Crippen LogP contribution in [0, 0.1) is 0 Å². The minimum atomic E-state index is -3.21. The Labute approximate surface area is 143 Å². The molecule has 1 N–H and O–H groups in total. The van der Waals surface area contributed by atoms with E-state index in [0.29, 0.717) is 10.9 Å². The standard InChI is InChI=1S/C18H24N2O3S/c21-18-17(11-12-20(18)14-7-8-14)19-13-5-9-16(10-6-13)24(22,23)15-3-1-2-4-15/h5-6,9-10,14-15,17,19H,1-4,7-8,11-12H2/t17-/m1/s1. The molecule has 1 aromatic rings. The van der Waals surface area contributed by atoms with E-state index in [2.05, 4.69) is 5.32 Å². The van der Waals surface area contributed by atoms with Crippen LogP contribution in [0.3, 0.4) is 0 Å². The number of amides is 1. The fourth-order valence-corrected chi connectivity index (χ4v) is 5.77. The number of sulfone groups is 1. The number of likely N-dealkylation sites (tertiary alicyclic amines) is 1. The van der Waals surface area contributed by atoms with Crippen LogP contribution in [0.2, 0.25) is 0 Å². The molecule has 0 bridgehead atoms. The van der Waals surface area contributed by atoms with Gasteiger partial charge in [-0.2, -0.15) is 0 Å². The number of rotatable bonds is 5. The molecule has 2 saturated carbocycles. The Morgan fingerprint density at radius 2 is 1.62 bits per heavy atom. The van der Waals surface area contributed by atoms with Gasteiger partial charge in [-0.3, -0.25) is 4.79 Å². The lowest BCUT2D eigenvalue weighted by molar-refractivity contribution is -0.128. The second-order valence-corrected chi connectivity index (χ2v) is 9.45. The van der Waals surface area contributed by atoms with Gasteiger partial charge in [0, 0.05) is 18.3 Å². The van der Waals surface area contributed by atoms with Crippen LogP contribution >= 0.6 is 0 Å². The van der Waals surface area contributed by atoms with E-state index >= 15 is 0 Å². The molecule has 1 aromatic carbocycles. The molecule has 0 spiro atoms. The maximum absolute atomic E-state index is 12.6. The lowest BCUT2D eigenvalue weighted by Gasteiger charge is -2.17. The largest absolute Gasteiger partial charge is 0.374 e. The summed E-state index contributed by atoms with van der Waals surface area (Å²) in [5, 5.41) is 3.04. The average molecular weight is 348 g/mol. The summed E-state index contributed by atoms with van der Waals surface area (Å²) in [5.74, 6) is 0.181. The predicted octanol–water partition coefficient (Wildman–Crippen LogP) is 2.58. The molecular weight excluding hydrogens is 324 g/mol. The van der Waals surface area contributed by atoms with E-state index in [1.54, 1.807) is 24.3 Å². The Morgan fingerprint density at radius 1 is 0.958 bits per heavy atom. The van der Waals surface area contributed by atoms with Gasteiger partial charge in [0.05, 0.1) is 10.1 Å². The maximum Gasteiger partial charge on any atom is 0.245 e. The topological polar surface area (TPSA) is 66.5 Å². The highest BCUT2D eigenvalue weighted by Crippen LogP contribution is 2.32. The molecule has 0 radical (unpaired) electrons. The van der Waals surface area contributed by atoms with E-state index in [0.717, 1.165) is 57.2 Å². The van der Waals surface area contributed by atoms with E-state index < -0.39 is 9.84 Å². The molecule has 4 rings (SSSR count). The van der Waals surface area contributed by atoms with Gasteiger partial charge < -0.3 is 10.2 Å². The second kappa shape index (κ2) is 6.06. The molecule has 1 saturated heterocycles. The summed E-state index contributed by atoms with van der Waals surface area (Å²) in [5.41, 5.74) is 0.816. The SMILES string of the molecule is O=C1[C@H](Nc2ccc(S(=O)(=O)C3CCCC3)cc2)CCN1C1CC1. The van der Waals surface area contributed by atoms with Crippen molar-refractivity contribution in [2.45, 2.75) is 67.2 Å².